The van der Waals surface area contributed by atoms with E-state index in [1.807, 2.05) is 24.3 Å². The van der Waals surface area contributed by atoms with Gasteiger partial charge in [-0.3, -0.25) is 9.59 Å². The Hall–Kier alpha value is -2.67. The maximum atomic E-state index is 12.8. The minimum atomic E-state index is -3.38. The molecule has 1 aliphatic rings. The van der Waals surface area contributed by atoms with Crippen LogP contribution < -0.4 is 10.2 Å². The summed E-state index contributed by atoms with van der Waals surface area (Å²) >= 11 is 0. The molecule has 154 valence electrons. The van der Waals surface area contributed by atoms with Crippen LogP contribution in [0.5, 0.6) is 0 Å². The zero-order valence-corrected chi connectivity index (χ0v) is 17.9. The molecule has 2 aromatic carbocycles. The maximum absolute atomic E-state index is 12.8. The number of hydrogen-bond acceptors (Lipinski definition) is 4. The monoisotopic (exact) mass is 414 g/mol. The Balaban J connectivity index is 1.77. The van der Waals surface area contributed by atoms with Gasteiger partial charge in [0.15, 0.2) is 9.84 Å². The quantitative estimate of drug-likeness (QED) is 0.811. The van der Waals surface area contributed by atoms with Gasteiger partial charge in [0.1, 0.15) is 0 Å². The van der Waals surface area contributed by atoms with Crippen molar-refractivity contribution in [2.45, 2.75) is 38.0 Å². The number of amides is 2. The standard InChI is InChI=1S/C22H26N2O4S/c1-14(2)16-6-5-7-18(10-16)24-13-17(11-21(24)25)22(26)23-20-12-19(29(4,27)28)9-8-15(20)3/h5-10,12,14,17H,11,13H2,1-4H3,(H,23,26)/t17-/m1/s1. The molecule has 7 heteroatoms. The van der Waals surface area contributed by atoms with Crippen molar-refractivity contribution in [3.8, 4) is 0 Å². The van der Waals surface area contributed by atoms with E-state index >= 15 is 0 Å². The zero-order chi connectivity index (χ0) is 21.3. The Bertz CT molecular complexity index is 1060. The molecule has 1 heterocycles. The molecule has 2 amide bonds. The highest BCUT2D eigenvalue weighted by Crippen LogP contribution is 2.29. The number of nitrogens with zero attached hydrogens (tertiary/aromatic N) is 1. The van der Waals surface area contributed by atoms with Crippen molar-refractivity contribution < 1.29 is 18.0 Å². The SMILES string of the molecule is Cc1ccc(S(C)(=O)=O)cc1NC(=O)[C@@H]1CC(=O)N(c2cccc(C(C)C)c2)C1. The maximum Gasteiger partial charge on any atom is 0.229 e. The Kier molecular flexibility index (Phi) is 5.80. The topological polar surface area (TPSA) is 83.5 Å². The van der Waals surface area contributed by atoms with Crippen LogP contribution in [-0.4, -0.2) is 33.0 Å². The molecule has 1 aliphatic heterocycles. The number of nitrogens with one attached hydrogen (secondary N) is 1. The molecular formula is C22H26N2O4S. The van der Waals surface area contributed by atoms with Crippen LogP contribution in [0.4, 0.5) is 11.4 Å². The highest BCUT2D eigenvalue weighted by molar-refractivity contribution is 7.90. The van der Waals surface area contributed by atoms with Crippen molar-refractivity contribution in [3.63, 3.8) is 0 Å². The molecule has 0 saturated carbocycles. The molecule has 0 bridgehead atoms. The summed E-state index contributed by atoms with van der Waals surface area (Å²) in [6.07, 6.45) is 1.25. The lowest BCUT2D eigenvalue weighted by atomic mass is 10.0. The van der Waals surface area contributed by atoms with Gasteiger partial charge in [-0.1, -0.05) is 32.0 Å². The lowest BCUT2D eigenvalue weighted by molar-refractivity contribution is -0.122. The number of carbonyl (C=O) groups is 2. The normalized spacial score (nSPS) is 17.1. The van der Waals surface area contributed by atoms with Crippen molar-refractivity contribution in [2.24, 2.45) is 5.92 Å². The largest absolute Gasteiger partial charge is 0.325 e. The fourth-order valence-corrected chi connectivity index (χ4v) is 4.03. The van der Waals surface area contributed by atoms with E-state index in [1.165, 1.54) is 12.1 Å². The lowest BCUT2D eigenvalue weighted by Gasteiger charge is -2.19. The Morgan fingerprint density at radius 2 is 1.90 bits per heavy atom. The second-order valence-corrected chi connectivity index (χ2v) is 9.91. The van der Waals surface area contributed by atoms with Crippen LogP contribution in [0.15, 0.2) is 47.4 Å². The highest BCUT2D eigenvalue weighted by atomic mass is 32.2. The molecule has 6 nitrogen and oxygen atoms in total. The van der Waals surface area contributed by atoms with Gasteiger partial charge in [-0.25, -0.2) is 8.42 Å². The first kappa shape index (κ1) is 21.0. The number of sulfone groups is 1. The third-order valence-corrected chi connectivity index (χ3v) is 6.35. The van der Waals surface area contributed by atoms with Crippen molar-refractivity contribution in [1.29, 1.82) is 0 Å². The Morgan fingerprint density at radius 1 is 1.17 bits per heavy atom. The summed E-state index contributed by atoms with van der Waals surface area (Å²) in [4.78, 5) is 27.1. The van der Waals surface area contributed by atoms with Crippen LogP contribution in [0, 0.1) is 12.8 Å². The Labute approximate surface area is 171 Å². The van der Waals surface area contributed by atoms with Gasteiger partial charge < -0.3 is 10.2 Å². The van der Waals surface area contributed by atoms with Crippen LogP contribution in [0.1, 0.15) is 37.3 Å². The number of benzene rings is 2. The number of hydrogen-bond donors (Lipinski definition) is 1. The van der Waals surface area contributed by atoms with Gasteiger partial charge in [-0.05, 0) is 48.2 Å². The number of aryl methyl sites for hydroxylation is 1. The Morgan fingerprint density at radius 3 is 2.55 bits per heavy atom. The molecule has 1 fully saturated rings. The first-order chi connectivity index (χ1) is 13.6. The number of carbonyl (C=O) groups excluding carboxylic acids is 2. The molecule has 0 radical (unpaired) electrons. The van der Waals surface area contributed by atoms with Gasteiger partial charge in [-0.2, -0.15) is 0 Å². The average molecular weight is 415 g/mol. The summed E-state index contributed by atoms with van der Waals surface area (Å²) in [5.41, 5.74) is 3.14. The summed E-state index contributed by atoms with van der Waals surface area (Å²) < 4.78 is 23.6. The van der Waals surface area contributed by atoms with Crippen molar-refractivity contribution in [2.75, 3.05) is 23.0 Å². The molecule has 0 aromatic heterocycles. The molecule has 29 heavy (non-hydrogen) atoms. The van der Waals surface area contributed by atoms with E-state index in [4.69, 9.17) is 0 Å². The van der Waals surface area contributed by atoms with E-state index in [0.29, 0.717) is 18.2 Å². The fraction of sp³-hybridized carbons (Fsp3) is 0.364. The number of anilines is 2. The molecule has 2 aromatic rings. The molecule has 1 saturated heterocycles. The molecule has 1 atom stereocenters. The third kappa shape index (κ3) is 4.67. The minimum absolute atomic E-state index is 0.0901. The summed E-state index contributed by atoms with van der Waals surface area (Å²) in [6.45, 7) is 6.28. The molecule has 0 unspecified atom stereocenters. The fourth-order valence-electron chi connectivity index (χ4n) is 3.39. The molecular weight excluding hydrogens is 388 g/mol. The van der Waals surface area contributed by atoms with Gasteiger partial charge in [0.25, 0.3) is 0 Å². The average Bonchev–Trinajstić information content (AvgIpc) is 3.04. The van der Waals surface area contributed by atoms with E-state index in [1.54, 1.807) is 17.9 Å². The van der Waals surface area contributed by atoms with Crippen molar-refractivity contribution >= 4 is 33.0 Å². The van der Waals surface area contributed by atoms with Gasteiger partial charge in [0.05, 0.1) is 10.8 Å². The van der Waals surface area contributed by atoms with Gasteiger partial charge in [0.2, 0.25) is 11.8 Å². The van der Waals surface area contributed by atoms with Gasteiger partial charge in [-0.15, -0.1) is 0 Å². The van der Waals surface area contributed by atoms with Crippen LogP contribution >= 0.6 is 0 Å². The predicted octanol–water partition coefficient (Wildman–Crippen LogP) is 3.51. The molecule has 3 rings (SSSR count). The zero-order valence-electron chi connectivity index (χ0n) is 17.1. The molecule has 1 N–H and O–H groups in total. The summed E-state index contributed by atoms with van der Waals surface area (Å²) in [7, 11) is -3.38. The van der Waals surface area contributed by atoms with Crippen molar-refractivity contribution in [3.05, 3.63) is 53.6 Å². The van der Waals surface area contributed by atoms with E-state index in [9.17, 15) is 18.0 Å². The third-order valence-electron chi connectivity index (χ3n) is 5.24. The van der Waals surface area contributed by atoms with E-state index < -0.39 is 15.8 Å². The first-order valence-electron chi connectivity index (χ1n) is 9.58. The minimum Gasteiger partial charge on any atom is -0.325 e. The summed E-state index contributed by atoms with van der Waals surface area (Å²) in [5, 5.41) is 2.80. The van der Waals surface area contributed by atoms with E-state index in [0.717, 1.165) is 23.1 Å². The summed E-state index contributed by atoms with van der Waals surface area (Å²) in [5.74, 6) is -0.523. The lowest BCUT2D eigenvalue weighted by Crippen LogP contribution is -2.28. The number of rotatable bonds is 5. The smallest absolute Gasteiger partial charge is 0.229 e. The van der Waals surface area contributed by atoms with E-state index in [2.05, 4.69) is 19.2 Å². The van der Waals surface area contributed by atoms with Crippen molar-refractivity contribution in [1.82, 2.24) is 0 Å². The second kappa shape index (κ2) is 7.99. The van der Waals surface area contributed by atoms with E-state index in [-0.39, 0.29) is 23.1 Å². The van der Waals surface area contributed by atoms with Crippen LogP contribution in [0.3, 0.4) is 0 Å². The van der Waals surface area contributed by atoms with Crippen LogP contribution in [0.2, 0.25) is 0 Å². The van der Waals surface area contributed by atoms with Crippen LogP contribution in [0.25, 0.3) is 0 Å². The first-order valence-corrected chi connectivity index (χ1v) is 11.5. The van der Waals surface area contributed by atoms with Crippen LogP contribution in [-0.2, 0) is 19.4 Å². The predicted molar refractivity (Wildman–Crippen MR) is 114 cm³/mol. The second-order valence-electron chi connectivity index (χ2n) is 7.89. The summed E-state index contributed by atoms with van der Waals surface area (Å²) in [6, 6.07) is 12.5. The molecule has 0 aliphatic carbocycles. The van der Waals surface area contributed by atoms with Gasteiger partial charge in [0, 0.05) is 30.6 Å². The van der Waals surface area contributed by atoms with Gasteiger partial charge >= 0.3 is 0 Å². The molecule has 0 spiro atoms. The highest BCUT2D eigenvalue weighted by Gasteiger charge is 2.35.